The van der Waals surface area contributed by atoms with Gasteiger partial charge in [0.25, 0.3) is 0 Å². The number of benzene rings is 2. The molecule has 140 valence electrons. The summed E-state index contributed by atoms with van der Waals surface area (Å²) < 4.78 is 2.65. The number of hydrogen-bond acceptors (Lipinski definition) is 1. The van der Waals surface area contributed by atoms with Gasteiger partial charge in [0.1, 0.15) is 0 Å². The van der Waals surface area contributed by atoms with Crippen molar-refractivity contribution in [3.05, 3.63) is 69.9 Å². The van der Waals surface area contributed by atoms with E-state index < -0.39 is 0 Å². The summed E-state index contributed by atoms with van der Waals surface area (Å²) in [7, 11) is 0. The highest BCUT2D eigenvalue weighted by Gasteiger charge is 2.34. The summed E-state index contributed by atoms with van der Waals surface area (Å²) in [6, 6.07) is 15.1. The summed E-state index contributed by atoms with van der Waals surface area (Å²) in [6.45, 7) is 7.75. The van der Waals surface area contributed by atoms with E-state index >= 15 is 0 Å². The minimum absolute atomic E-state index is 0.554. The van der Waals surface area contributed by atoms with Crippen molar-refractivity contribution in [1.29, 1.82) is 0 Å². The van der Waals surface area contributed by atoms with Gasteiger partial charge in [-0.2, -0.15) is 0 Å². The summed E-state index contributed by atoms with van der Waals surface area (Å²) in [5, 5.41) is 5.40. The number of hydrogen-bond donors (Lipinski definition) is 1. The molecule has 27 heavy (non-hydrogen) atoms. The van der Waals surface area contributed by atoms with Crippen molar-refractivity contribution in [2.45, 2.75) is 71.5 Å². The number of nitrogens with one attached hydrogen (secondary N) is 1. The van der Waals surface area contributed by atoms with E-state index in [4.69, 9.17) is 0 Å². The fourth-order valence-electron chi connectivity index (χ4n) is 5.36. The summed E-state index contributed by atoms with van der Waals surface area (Å²) in [6.07, 6.45) is 6.27. The average Bonchev–Trinajstić information content (AvgIpc) is 2.95. The van der Waals surface area contributed by atoms with Crippen LogP contribution >= 0.6 is 0 Å². The second kappa shape index (κ2) is 6.53. The molecule has 0 radical (unpaired) electrons. The highest BCUT2D eigenvalue weighted by atomic mass is 15.1. The standard InChI is InChI=1S/C25H30N2/c1-16-7-9-18(3)19(13-16)11-12-27-23-10-8-17(2)14-21(23)25-22-6-4-5-20(26-22)15-24(25)27/h7-10,13-14,20,22,26H,4-6,11-12,15H2,1-3H3/t20-,22+/m1/s1. The van der Waals surface area contributed by atoms with Crippen LogP contribution in [-0.4, -0.2) is 10.6 Å². The maximum Gasteiger partial charge on any atom is 0.0486 e. The first-order chi connectivity index (χ1) is 13.1. The Morgan fingerprint density at radius 3 is 2.70 bits per heavy atom. The summed E-state index contributed by atoms with van der Waals surface area (Å²) in [4.78, 5) is 0. The molecule has 1 aromatic heterocycles. The van der Waals surface area contributed by atoms with Crippen molar-refractivity contribution in [1.82, 2.24) is 9.88 Å². The molecule has 0 amide bonds. The minimum Gasteiger partial charge on any atom is -0.344 e. The van der Waals surface area contributed by atoms with Crippen LogP contribution < -0.4 is 5.32 Å². The molecule has 3 aromatic rings. The monoisotopic (exact) mass is 358 g/mol. The lowest BCUT2D eigenvalue weighted by atomic mass is 9.84. The Morgan fingerprint density at radius 1 is 1.00 bits per heavy atom. The quantitative estimate of drug-likeness (QED) is 0.649. The average molecular weight is 359 g/mol. The maximum atomic E-state index is 3.91. The smallest absolute Gasteiger partial charge is 0.0486 e. The molecule has 2 aliphatic heterocycles. The van der Waals surface area contributed by atoms with Crippen LogP contribution in [0.3, 0.4) is 0 Å². The lowest BCUT2D eigenvalue weighted by molar-refractivity contribution is 0.298. The van der Waals surface area contributed by atoms with Gasteiger partial charge in [0, 0.05) is 41.6 Å². The molecule has 0 aliphatic carbocycles. The normalized spacial score (nSPS) is 21.4. The van der Waals surface area contributed by atoms with Crippen LogP contribution in [0.5, 0.6) is 0 Å². The molecule has 0 spiro atoms. The van der Waals surface area contributed by atoms with Crippen molar-refractivity contribution in [3.8, 4) is 0 Å². The van der Waals surface area contributed by atoms with E-state index in [0.717, 1.165) is 13.0 Å². The number of fused-ring (bicyclic) bond motifs is 6. The van der Waals surface area contributed by atoms with Crippen LogP contribution in [-0.2, 0) is 19.4 Å². The minimum atomic E-state index is 0.554. The highest BCUT2D eigenvalue weighted by Crippen LogP contribution is 2.41. The predicted octanol–water partition coefficient (Wildman–Crippen LogP) is 5.55. The van der Waals surface area contributed by atoms with E-state index in [2.05, 4.69) is 67.1 Å². The molecule has 0 saturated carbocycles. The Kier molecular flexibility index (Phi) is 4.12. The van der Waals surface area contributed by atoms with Crippen LogP contribution in [0.1, 0.15) is 58.8 Å². The molecule has 2 heteroatoms. The van der Waals surface area contributed by atoms with Crippen LogP contribution in [0.25, 0.3) is 10.9 Å². The Labute approximate surface area is 162 Å². The van der Waals surface area contributed by atoms with E-state index in [9.17, 15) is 0 Å². The van der Waals surface area contributed by atoms with Gasteiger partial charge in [-0.25, -0.2) is 0 Å². The van der Waals surface area contributed by atoms with Crippen LogP contribution in [0.2, 0.25) is 0 Å². The zero-order valence-corrected chi connectivity index (χ0v) is 16.8. The van der Waals surface area contributed by atoms with Crippen molar-refractivity contribution in [2.75, 3.05) is 0 Å². The third kappa shape index (κ3) is 2.91. The largest absolute Gasteiger partial charge is 0.344 e. The fourth-order valence-corrected chi connectivity index (χ4v) is 5.36. The number of aromatic nitrogens is 1. The molecule has 3 heterocycles. The molecule has 1 N–H and O–H groups in total. The van der Waals surface area contributed by atoms with E-state index in [1.54, 1.807) is 11.3 Å². The second-order valence-electron chi connectivity index (χ2n) is 8.76. The number of aryl methyl sites for hydroxylation is 5. The fraction of sp³-hybridized carbons (Fsp3) is 0.440. The number of nitrogens with zero attached hydrogens (tertiary/aromatic N) is 1. The first-order valence-corrected chi connectivity index (χ1v) is 10.5. The molecule has 1 fully saturated rings. The van der Waals surface area contributed by atoms with E-state index in [-0.39, 0.29) is 0 Å². The third-order valence-electron chi connectivity index (χ3n) is 6.75. The van der Waals surface area contributed by atoms with E-state index in [1.807, 2.05) is 0 Å². The molecule has 2 aromatic carbocycles. The molecule has 2 aliphatic rings. The van der Waals surface area contributed by atoms with Crippen molar-refractivity contribution < 1.29 is 0 Å². The molecular formula is C25H30N2. The number of piperidine rings is 1. The molecule has 5 rings (SSSR count). The first kappa shape index (κ1) is 17.1. The molecule has 2 bridgehead atoms. The Hall–Kier alpha value is -2.06. The molecule has 0 unspecified atom stereocenters. The van der Waals surface area contributed by atoms with Gasteiger partial charge in [-0.1, -0.05) is 35.4 Å². The Balaban J connectivity index is 1.60. The molecule has 2 nitrogen and oxygen atoms in total. The highest BCUT2D eigenvalue weighted by molar-refractivity contribution is 5.87. The lowest BCUT2D eigenvalue weighted by Crippen LogP contribution is -2.43. The van der Waals surface area contributed by atoms with Gasteiger partial charge in [-0.05, 0) is 75.3 Å². The third-order valence-corrected chi connectivity index (χ3v) is 6.75. The van der Waals surface area contributed by atoms with Gasteiger partial charge in [0.05, 0.1) is 0 Å². The van der Waals surface area contributed by atoms with Gasteiger partial charge >= 0.3 is 0 Å². The van der Waals surface area contributed by atoms with Gasteiger partial charge in [-0.3, -0.25) is 0 Å². The summed E-state index contributed by atoms with van der Waals surface area (Å²) >= 11 is 0. The van der Waals surface area contributed by atoms with Crippen LogP contribution in [0, 0.1) is 20.8 Å². The van der Waals surface area contributed by atoms with Crippen molar-refractivity contribution in [3.63, 3.8) is 0 Å². The van der Waals surface area contributed by atoms with Gasteiger partial charge < -0.3 is 9.88 Å². The van der Waals surface area contributed by atoms with Gasteiger partial charge in [0.2, 0.25) is 0 Å². The van der Waals surface area contributed by atoms with Gasteiger partial charge in [0.15, 0.2) is 0 Å². The SMILES string of the molecule is Cc1ccc(C)c(CCn2c3c(c4cc(C)ccc42)[C@@H]2CCC[C@H](C3)N2)c1. The first-order valence-electron chi connectivity index (χ1n) is 10.5. The lowest BCUT2D eigenvalue weighted by Gasteiger charge is -2.37. The Morgan fingerprint density at radius 2 is 1.81 bits per heavy atom. The van der Waals surface area contributed by atoms with Crippen LogP contribution in [0.4, 0.5) is 0 Å². The van der Waals surface area contributed by atoms with Crippen LogP contribution in [0.15, 0.2) is 36.4 Å². The van der Waals surface area contributed by atoms with Crippen molar-refractivity contribution >= 4 is 10.9 Å². The Bertz CT molecular complexity index is 1010. The van der Waals surface area contributed by atoms with E-state index in [1.165, 1.54) is 58.8 Å². The topological polar surface area (TPSA) is 17.0 Å². The second-order valence-corrected chi connectivity index (χ2v) is 8.76. The zero-order chi connectivity index (χ0) is 18.5. The predicted molar refractivity (Wildman–Crippen MR) is 114 cm³/mol. The number of rotatable bonds is 3. The summed E-state index contributed by atoms with van der Waals surface area (Å²) in [5.74, 6) is 0. The molecule has 1 saturated heterocycles. The molecular weight excluding hydrogens is 328 g/mol. The van der Waals surface area contributed by atoms with Gasteiger partial charge in [-0.15, -0.1) is 0 Å². The van der Waals surface area contributed by atoms with Crippen molar-refractivity contribution in [2.24, 2.45) is 0 Å². The van der Waals surface area contributed by atoms with E-state index in [0.29, 0.717) is 12.1 Å². The maximum absolute atomic E-state index is 3.91. The summed E-state index contributed by atoms with van der Waals surface area (Å²) in [5.41, 5.74) is 10.3. The molecule has 2 atom stereocenters. The zero-order valence-electron chi connectivity index (χ0n) is 16.8.